The number of ether oxygens (including phenoxy) is 9. The van der Waals surface area contributed by atoms with Crippen molar-refractivity contribution in [2.24, 2.45) is 5.41 Å². The number of hydrogen-bond donors (Lipinski definition) is 9. The number of Topliss-reactive ketones (excluding diaryl/α,β-unsaturated/α-hetero) is 1. The number of nitrogens with one attached hydrogen (secondary N) is 1. The minimum Gasteiger partial charge on any atom is -0.493 e. The first-order chi connectivity index (χ1) is 46.2. The van der Waals surface area contributed by atoms with Crippen LogP contribution in [-0.2, 0) is 32.2 Å². The second kappa shape index (κ2) is 30.9. The van der Waals surface area contributed by atoms with Gasteiger partial charge < -0.3 is 104 Å². The SMILES string of the molecule is COCCNC(=O)c1cc(COC(=O)N2c3cc(OCCCCCOc4cc5c(cc4C)C(=O)N4C=C(C)C[C@H]4C(O)N5COCc4ccc(O[C@@H]5CC[C@@H](O)[C@H](O)[C@H]5O)c(C(=O)CC(C)(C)C)c4)c(OC)cc3C(=O)N3C=C(C)C[C@H]3C2O)ccc1O[C@@H]1OC[C@@H](O)[C@H](O)[C@H]1O. The number of rotatable bonds is 25. The maximum absolute atomic E-state index is 14.5. The molecule has 12 atom stereocenters. The van der Waals surface area contributed by atoms with Gasteiger partial charge in [0, 0.05) is 44.6 Å². The Morgan fingerprint density at radius 2 is 1.24 bits per heavy atom. The number of fused-ring (bicyclic) bond motifs is 4. The van der Waals surface area contributed by atoms with Crippen molar-refractivity contribution in [1.29, 1.82) is 0 Å². The summed E-state index contributed by atoms with van der Waals surface area (Å²) in [5, 5.41) is 89.0. The summed E-state index contributed by atoms with van der Waals surface area (Å²) in [6.45, 7) is 11.1. The van der Waals surface area contributed by atoms with Gasteiger partial charge in [-0.15, -0.1) is 0 Å². The number of aliphatic hydroxyl groups excluding tert-OH is 8. The number of benzene rings is 4. The number of aryl methyl sites for hydroxylation is 1. The van der Waals surface area contributed by atoms with E-state index >= 15 is 0 Å². The first kappa shape index (κ1) is 71.8. The summed E-state index contributed by atoms with van der Waals surface area (Å²) in [4.78, 5) is 76.1. The van der Waals surface area contributed by atoms with Gasteiger partial charge in [0.25, 0.3) is 17.7 Å². The fourth-order valence-electron chi connectivity index (χ4n) is 12.8. The molecule has 4 aromatic rings. The van der Waals surface area contributed by atoms with Crippen molar-refractivity contribution in [1.82, 2.24) is 15.1 Å². The van der Waals surface area contributed by atoms with Gasteiger partial charge >= 0.3 is 6.09 Å². The lowest BCUT2D eigenvalue weighted by Crippen LogP contribution is -2.54. The van der Waals surface area contributed by atoms with Crippen molar-refractivity contribution in [3.63, 3.8) is 0 Å². The predicted molar refractivity (Wildman–Crippen MR) is 348 cm³/mol. The van der Waals surface area contributed by atoms with Gasteiger partial charge in [-0.3, -0.25) is 19.2 Å². The molecular formula is C70H89N5O22. The molecule has 0 spiro atoms. The van der Waals surface area contributed by atoms with Crippen LogP contribution in [0.5, 0.6) is 28.7 Å². The van der Waals surface area contributed by atoms with Crippen LogP contribution >= 0.6 is 0 Å². The Morgan fingerprint density at radius 3 is 1.90 bits per heavy atom. The summed E-state index contributed by atoms with van der Waals surface area (Å²) in [5.74, 6) is -0.655. The Hall–Kier alpha value is -7.93. The standard InChI is InChI=1S/C70H89N5O22/c1-37-22-48-66(86)74(36-91-33-40-12-15-53(44(25-40)51(77)30-70(4,5)6)96-55-17-14-50(76)59(79)61(55)81)46-28-56(39(3)24-42(46)64(84)72(48)31-37)92-19-10-9-11-20-93-58-29-47-43(27-57(58)90-8)65(85)73-32-38(2)23-49(73)67(87)75(47)69(88)95-34-41-13-16-54(45(26-41)63(83)71-18-21-89-7)97-68-62(82)60(80)52(78)35-94-68/h12-13,15-16,24-29,31-32,48-50,52,55,59-62,66-68,76,78-82,86-87H,9-11,14,17-23,30,33-36H2,1-8H3,(H,71,83)/t48-,49-,50+,52+,55+,59-,60-,61-,62+,66?,67?,68-/m0/s1. The number of methoxy groups -OCH3 is 2. The number of aliphatic hydroxyl groups is 8. The van der Waals surface area contributed by atoms with Crippen LogP contribution in [-0.4, -0.2) is 208 Å². The van der Waals surface area contributed by atoms with E-state index in [0.717, 1.165) is 16.0 Å². The van der Waals surface area contributed by atoms with Crippen LogP contribution in [0, 0.1) is 12.3 Å². The van der Waals surface area contributed by atoms with E-state index in [2.05, 4.69) is 5.32 Å². The van der Waals surface area contributed by atoms with Gasteiger partial charge in [-0.25, -0.2) is 9.69 Å². The van der Waals surface area contributed by atoms with Crippen LogP contribution in [0.15, 0.2) is 84.2 Å². The molecule has 10 rings (SSSR count). The molecule has 1 saturated heterocycles. The number of carbonyl (C=O) groups is 5. The lowest BCUT2D eigenvalue weighted by molar-refractivity contribution is -0.242. The van der Waals surface area contributed by atoms with E-state index in [1.54, 1.807) is 59.5 Å². The van der Waals surface area contributed by atoms with E-state index in [-0.39, 0.29) is 134 Å². The van der Waals surface area contributed by atoms with E-state index < -0.39 is 98.1 Å². The number of ketones is 1. The molecule has 5 aliphatic heterocycles. The van der Waals surface area contributed by atoms with Gasteiger partial charge in [0.05, 0.1) is 92.0 Å². The molecule has 1 saturated carbocycles. The summed E-state index contributed by atoms with van der Waals surface area (Å²) in [5.41, 5.74) is 3.84. The molecule has 2 unspecified atom stereocenters. The molecule has 5 heterocycles. The molecule has 1 aliphatic carbocycles. The highest BCUT2D eigenvalue weighted by Gasteiger charge is 2.47. The predicted octanol–water partition coefficient (Wildman–Crippen LogP) is 5.09. The minimum atomic E-state index is -1.67. The lowest BCUT2D eigenvalue weighted by Gasteiger charge is -2.35. The van der Waals surface area contributed by atoms with Gasteiger partial charge in [-0.2, -0.15) is 0 Å². The fraction of sp³-hybridized carbons (Fsp3) is 0.529. The molecule has 0 bridgehead atoms. The van der Waals surface area contributed by atoms with E-state index in [4.69, 9.17) is 42.6 Å². The Balaban J connectivity index is 0.803. The maximum atomic E-state index is 14.5. The average molecular weight is 1350 g/mol. The molecule has 2 fully saturated rings. The summed E-state index contributed by atoms with van der Waals surface area (Å²) in [7, 11) is 2.87. The van der Waals surface area contributed by atoms with Crippen LogP contribution in [0.2, 0.25) is 0 Å². The third-order valence-electron chi connectivity index (χ3n) is 18.0. The van der Waals surface area contributed by atoms with E-state index in [1.807, 2.05) is 34.6 Å². The highest BCUT2D eigenvalue weighted by molar-refractivity contribution is 6.07. The van der Waals surface area contributed by atoms with Crippen molar-refractivity contribution in [2.45, 2.75) is 180 Å². The molecule has 0 radical (unpaired) electrons. The van der Waals surface area contributed by atoms with E-state index in [0.29, 0.717) is 59.4 Å². The van der Waals surface area contributed by atoms with Gasteiger partial charge in [0.2, 0.25) is 6.29 Å². The summed E-state index contributed by atoms with van der Waals surface area (Å²) >= 11 is 0. The summed E-state index contributed by atoms with van der Waals surface area (Å²) in [6.07, 6.45) is -8.34. The van der Waals surface area contributed by atoms with Gasteiger partial charge in [0.15, 0.2) is 23.5 Å². The second-order valence-corrected chi connectivity index (χ2v) is 26.8. The summed E-state index contributed by atoms with van der Waals surface area (Å²) < 4.78 is 53.1. The highest BCUT2D eigenvalue weighted by Crippen LogP contribution is 2.44. The molecule has 27 nitrogen and oxygen atoms in total. The van der Waals surface area contributed by atoms with Gasteiger partial charge in [-0.1, -0.05) is 44.1 Å². The largest absolute Gasteiger partial charge is 0.493 e. The van der Waals surface area contributed by atoms with Crippen LogP contribution in [0.3, 0.4) is 0 Å². The van der Waals surface area contributed by atoms with E-state index in [1.165, 1.54) is 49.5 Å². The smallest absolute Gasteiger partial charge is 0.416 e. The molecule has 27 heteroatoms. The first-order valence-electron chi connectivity index (χ1n) is 32.6. The Morgan fingerprint density at radius 1 is 0.629 bits per heavy atom. The number of hydrogen-bond acceptors (Lipinski definition) is 23. The van der Waals surface area contributed by atoms with Crippen molar-refractivity contribution < 1.29 is 107 Å². The quantitative estimate of drug-likeness (QED) is 0.0308. The molecule has 6 aliphatic rings. The van der Waals surface area contributed by atoms with Crippen LogP contribution < -0.4 is 38.8 Å². The second-order valence-electron chi connectivity index (χ2n) is 26.8. The number of nitrogens with zero attached hydrogens (tertiary/aromatic N) is 4. The lowest BCUT2D eigenvalue weighted by atomic mass is 9.87. The average Bonchev–Trinajstić information content (AvgIpc) is 1.63. The Labute approximate surface area is 562 Å². The topological polar surface area (TPSA) is 355 Å². The number of anilines is 2. The summed E-state index contributed by atoms with van der Waals surface area (Å²) in [6, 6.07) is 14.1. The monoisotopic (exact) mass is 1350 g/mol. The Kier molecular flexibility index (Phi) is 22.9. The molecule has 0 aromatic heterocycles. The van der Waals surface area contributed by atoms with E-state index in [9.17, 15) is 64.8 Å². The Bertz CT molecular complexity index is 3610. The molecule has 4 amide bonds. The van der Waals surface area contributed by atoms with Crippen molar-refractivity contribution in [3.8, 4) is 28.7 Å². The molecule has 97 heavy (non-hydrogen) atoms. The molecule has 9 N–H and O–H groups in total. The van der Waals surface area contributed by atoms with Crippen LogP contribution in [0.4, 0.5) is 16.2 Å². The zero-order chi connectivity index (χ0) is 69.7. The van der Waals surface area contributed by atoms with Crippen molar-refractivity contribution in [2.75, 3.05) is 63.7 Å². The zero-order valence-corrected chi connectivity index (χ0v) is 55.8. The fourth-order valence-corrected chi connectivity index (χ4v) is 12.8. The number of amides is 4. The third-order valence-corrected chi connectivity index (χ3v) is 18.0. The highest BCUT2D eigenvalue weighted by atomic mass is 16.7. The molecule has 526 valence electrons. The van der Waals surface area contributed by atoms with Crippen molar-refractivity contribution in [3.05, 3.63) is 123 Å². The maximum Gasteiger partial charge on any atom is 0.416 e. The zero-order valence-electron chi connectivity index (χ0n) is 55.8. The first-order valence-corrected chi connectivity index (χ1v) is 32.6. The van der Waals surface area contributed by atoms with Crippen LogP contribution in [0.25, 0.3) is 0 Å². The number of carbonyl (C=O) groups excluding carboxylic acids is 5. The minimum absolute atomic E-state index is 0.0124. The molecule has 4 aromatic carbocycles. The number of unbranched alkanes of at least 4 members (excludes halogenated alkanes) is 2. The van der Waals surface area contributed by atoms with Gasteiger partial charge in [0.1, 0.15) is 73.4 Å². The van der Waals surface area contributed by atoms with Crippen molar-refractivity contribution >= 4 is 41.0 Å². The normalized spacial score (nSPS) is 25.4. The molecular weight excluding hydrogens is 1260 g/mol. The van der Waals surface area contributed by atoms with Gasteiger partial charge in [-0.05, 0) is 124 Å². The van der Waals surface area contributed by atoms with Crippen LogP contribution in [0.1, 0.15) is 144 Å². The third kappa shape index (κ3) is 16.1.